The highest BCUT2D eigenvalue weighted by atomic mass is 16.5. The van der Waals surface area contributed by atoms with Gasteiger partial charge in [0.05, 0.1) is 19.0 Å². The van der Waals surface area contributed by atoms with Gasteiger partial charge >= 0.3 is 5.97 Å². The number of hydrogen-bond acceptors (Lipinski definition) is 8. The molecule has 0 aliphatic carbocycles. The van der Waals surface area contributed by atoms with Crippen LogP contribution in [-0.2, 0) is 16.1 Å². The second-order valence-corrected chi connectivity index (χ2v) is 10.3. The van der Waals surface area contributed by atoms with E-state index in [1.54, 1.807) is 41.0 Å². The van der Waals surface area contributed by atoms with Crippen molar-refractivity contribution in [2.45, 2.75) is 32.7 Å². The van der Waals surface area contributed by atoms with Crippen molar-refractivity contribution in [1.82, 2.24) is 4.57 Å². The lowest BCUT2D eigenvalue weighted by Crippen LogP contribution is -2.29. The Labute approximate surface area is 234 Å². The fraction of sp³-hybridized carbons (Fsp3) is 0.219. The third-order valence-corrected chi connectivity index (χ3v) is 7.09. The van der Waals surface area contributed by atoms with Crippen LogP contribution < -0.4 is 11.0 Å². The summed E-state index contributed by atoms with van der Waals surface area (Å²) in [6.45, 7) is 4.31. The van der Waals surface area contributed by atoms with Crippen LogP contribution in [0.5, 0.6) is 17.2 Å². The molecule has 0 radical (unpaired) electrons. The first-order valence-corrected chi connectivity index (χ1v) is 13.1. The number of esters is 1. The van der Waals surface area contributed by atoms with Gasteiger partial charge in [-0.05, 0) is 23.4 Å². The summed E-state index contributed by atoms with van der Waals surface area (Å²) in [6.07, 6.45) is -0.433. The largest absolute Gasteiger partial charge is 0.504 e. The number of carbonyl (C=O) groups is 1. The summed E-state index contributed by atoms with van der Waals surface area (Å²) in [7, 11) is 1.19. The van der Waals surface area contributed by atoms with Gasteiger partial charge < -0.3 is 29.0 Å². The standard InChI is InChI=1S/C32H29NO8/c1-17(2)16-33-22-12-8-7-11-19(22)13-21(32(33)39)20(14-25(35)40-3)26-28(36)30(38)29(37)27-23(34)15-24(41-31(26)27)18-9-5-4-6-10-18/h4-13,15,17,20,36-38H,14,16H2,1-3H3. The first-order chi connectivity index (χ1) is 19.6. The fourth-order valence-electron chi connectivity index (χ4n) is 5.20. The summed E-state index contributed by atoms with van der Waals surface area (Å²) < 4.78 is 12.7. The molecule has 5 aromatic rings. The van der Waals surface area contributed by atoms with E-state index in [0.717, 1.165) is 0 Å². The van der Waals surface area contributed by atoms with E-state index in [4.69, 9.17) is 9.15 Å². The molecule has 0 amide bonds. The SMILES string of the molecule is COC(=O)CC(c1cc2ccccc2n(CC(C)C)c1=O)c1c(O)c(O)c(O)c2c(=O)cc(-c3ccccc3)oc12. The van der Waals surface area contributed by atoms with Gasteiger partial charge in [0.1, 0.15) is 16.7 Å². The molecule has 210 valence electrons. The molecular weight excluding hydrogens is 526 g/mol. The smallest absolute Gasteiger partial charge is 0.306 e. The Kier molecular flexibility index (Phi) is 7.28. The van der Waals surface area contributed by atoms with Crippen LogP contribution in [0, 0.1) is 5.92 Å². The Balaban J connectivity index is 1.91. The van der Waals surface area contributed by atoms with Crippen LogP contribution in [0.15, 0.2) is 80.7 Å². The number of nitrogens with zero attached hydrogens (tertiary/aromatic N) is 1. The van der Waals surface area contributed by atoms with Gasteiger partial charge in [0.2, 0.25) is 5.75 Å². The van der Waals surface area contributed by atoms with E-state index >= 15 is 0 Å². The molecule has 2 heterocycles. The van der Waals surface area contributed by atoms with Crippen molar-refractivity contribution in [2.75, 3.05) is 7.11 Å². The first kappa shape index (κ1) is 27.5. The number of aromatic nitrogens is 1. The lowest BCUT2D eigenvalue weighted by Gasteiger charge is -2.22. The summed E-state index contributed by atoms with van der Waals surface area (Å²) >= 11 is 0. The van der Waals surface area contributed by atoms with E-state index < -0.39 is 51.9 Å². The molecule has 3 aromatic carbocycles. The van der Waals surface area contributed by atoms with Gasteiger partial charge in [-0.1, -0.05) is 62.4 Å². The number of methoxy groups -OCH3 is 1. The van der Waals surface area contributed by atoms with Gasteiger partial charge in [-0.15, -0.1) is 0 Å². The van der Waals surface area contributed by atoms with E-state index in [2.05, 4.69) is 0 Å². The van der Waals surface area contributed by atoms with Gasteiger partial charge in [-0.25, -0.2) is 0 Å². The van der Waals surface area contributed by atoms with Crippen molar-refractivity contribution in [3.63, 3.8) is 0 Å². The zero-order valence-electron chi connectivity index (χ0n) is 22.7. The number of fused-ring (bicyclic) bond motifs is 2. The van der Waals surface area contributed by atoms with Crippen LogP contribution in [0.4, 0.5) is 0 Å². The molecule has 41 heavy (non-hydrogen) atoms. The molecule has 3 N–H and O–H groups in total. The number of aromatic hydroxyl groups is 3. The van der Waals surface area contributed by atoms with Crippen LogP contribution in [-0.4, -0.2) is 33.0 Å². The maximum Gasteiger partial charge on any atom is 0.306 e. The summed E-state index contributed by atoms with van der Waals surface area (Å²) in [5.41, 5.74) is -0.227. The Bertz CT molecular complexity index is 1900. The number of carbonyl (C=O) groups excluding carboxylic acids is 1. The number of benzene rings is 3. The minimum Gasteiger partial charge on any atom is -0.504 e. The van der Waals surface area contributed by atoms with Crippen molar-refractivity contribution >= 4 is 27.8 Å². The van der Waals surface area contributed by atoms with Gasteiger partial charge in [-0.2, -0.15) is 0 Å². The lowest BCUT2D eigenvalue weighted by molar-refractivity contribution is -0.140. The molecule has 9 heteroatoms. The van der Waals surface area contributed by atoms with Crippen LogP contribution in [0.2, 0.25) is 0 Å². The summed E-state index contributed by atoms with van der Waals surface area (Å²) in [5.74, 6) is -4.36. The molecule has 1 atom stereocenters. The van der Waals surface area contributed by atoms with Gasteiger partial charge in [0.25, 0.3) is 5.56 Å². The molecular formula is C32H29NO8. The molecule has 0 saturated heterocycles. The average Bonchev–Trinajstić information content (AvgIpc) is 2.96. The monoisotopic (exact) mass is 555 g/mol. The third kappa shape index (κ3) is 4.91. The molecule has 0 bridgehead atoms. The van der Waals surface area contributed by atoms with E-state index in [9.17, 15) is 29.7 Å². The predicted octanol–water partition coefficient (Wildman–Crippen LogP) is 5.24. The third-order valence-electron chi connectivity index (χ3n) is 7.09. The molecule has 0 saturated carbocycles. The average molecular weight is 556 g/mol. The number of pyridine rings is 1. The number of para-hydroxylation sites is 1. The molecule has 0 aliphatic rings. The number of ether oxygens (including phenoxy) is 1. The second kappa shape index (κ2) is 10.8. The number of phenolic OH excluding ortho intramolecular Hbond substituents is 3. The Hall–Kier alpha value is -5.05. The molecule has 0 spiro atoms. The van der Waals surface area contributed by atoms with Crippen LogP contribution >= 0.6 is 0 Å². The van der Waals surface area contributed by atoms with Crippen LogP contribution in [0.1, 0.15) is 37.3 Å². The van der Waals surface area contributed by atoms with Crippen molar-refractivity contribution in [1.29, 1.82) is 0 Å². The van der Waals surface area contributed by atoms with Gasteiger partial charge in [0, 0.05) is 35.2 Å². The number of rotatable bonds is 7. The van der Waals surface area contributed by atoms with Gasteiger partial charge in [0.15, 0.2) is 16.9 Å². The highest BCUT2D eigenvalue weighted by molar-refractivity contribution is 5.94. The zero-order valence-corrected chi connectivity index (χ0v) is 22.7. The minimum absolute atomic E-state index is 0.101. The Morgan fingerprint density at radius 3 is 2.29 bits per heavy atom. The van der Waals surface area contributed by atoms with E-state index in [1.807, 2.05) is 38.1 Å². The summed E-state index contributed by atoms with van der Waals surface area (Å²) in [4.78, 5) is 40.1. The van der Waals surface area contributed by atoms with E-state index in [-0.39, 0.29) is 28.4 Å². The first-order valence-electron chi connectivity index (χ1n) is 13.1. The highest BCUT2D eigenvalue weighted by Gasteiger charge is 2.33. The highest BCUT2D eigenvalue weighted by Crippen LogP contribution is 2.49. The normalized spacial score (nSPS) is 12.2. The van der Waals surface area contributed by atoms with Crippen molar-refractivity contribution in [3.8, 4) is 28.6 Å². The van der Waals surface area contributed by atoms with Crippen molar-refractivity contribution in [3.05, 3.63) is 98.4 Å². The quantitative estimate of drug-likeness (QED) is 0.183. The summed E-state index contributed by atoms with van der Waals surface area (Å²) in [5, 5.41) is 33.0. The van der Waals surface area contributed by atoms with E-state index in [0.29, 0.717) is 23.0 Å². The minimum atomic E-state index is -1.22. The van der Waals surface area contributed by atoms with Crippen molar-refractivity contribution in [2.24, 2.45) is 5.92 Å². The Morgan fingerprint density at radius 1 is 0.927 bits per heavy atom. The fourth-order valence-corrected chi connectivity index (χ4v) is 5.20. The van der Waals surface area contributed by atoms with Crippen LogP contribution in [0.25, 0.3) is 33.2 Å². The maximum atomic E-state index is 14.1. The topological polar surface area (TPSA) is 139 Å². The second-order valence-electron chi connectivity index (χ2n) is 10.3. The number of phenols is 3. The Morgan fingerprint density at radius 2 is 1.61 bits per heavy atom. The summed E-state index contributed by atoms with van der Waals surface area (Å²) in [6, 6.07) is 18.8. The van der Waals surface area contributed by atoms with Crippen molar-refractivity contribution < 1.29 is 29.3 Å². The lowest BCUT2D eigenvalue weighted by atomic mass is 9.86. The molecule has 5 rings (SSSR count). The van der Waals surface area contributed by atoms with Gasteiger partial charge in [-0.3, -0.25) is 14.4 Å². The molecule has 0 fully saturated rings. The molecule has 9 nitrogen and oxygen atoms in total. The van der Waals surface area contributed by atoms with E-state index in [1.165, 1.54) is 13.2 Å². The molecule has 1 unspecified atom stereocenters. The predicted molar refractivity (Wildman–Crippen MR) is 154 cm³/mol. The molecule has 2 aromatic heterocycles. The maximum absolute atomic E-state index is 14.1. The zero-order chi connectivity index (χ0) is 29.4. The number of hydrogen-bond donors (Lipinski definition) is 3. The van der Waals surface area contributed by atoms with Crippen LogP contribution in [0.3, 0.4) is 0 Å². The molecule has 0 aliphatic heterocycles.